The van der Waals surface area contributed by atoms with Gasteiger partial charge in [0.15, 0.2) is 9.84 Å². The van der Waals surface area contributed by atoms with Gasteiger partial charge in [0.25, 0.3) is 5.91 Å². The van der Waals surface area contributed by atoms with Crippen molar-refractivity contribution in [1.29, 1.82) is 0 Å². The van der Waals surface area contributed by atoms with E-state index in [1.165, 1.54) is 16.3 Å². The molecule has 0 fully saturated rings. The number of anilines is 1. The predicted molar refractivity (Wildman–Crippen MR) is 86.2 cm³/mol. The number of rotatable bonds is 4. The summed E-state index contributed by atoms with van der Waals surface area (Å²) in [5.74, 6) is -0.259. The molecule has 0 atom stereocenters. The van der Waals surface area contributed by atoms with Crippen molar-refractivity contribution in [3.8, 4) is 0 Å². The van der Waals surface area contributed by atoms with E-state index in [0.29, 0.717) is 22.1 Å². The summed E-state index contributed by atoms with van der Waals surface area (Å²) in [6, 6.07) is 8.46. The molecule has 1 amide bonds. The molecule has 21 heavy (non-hydrogen) atoms. The number of sulfone groups is 1. The summed E-state index contributed by atoms with van der Waals surface area (Å²) >= 11 is 7.24. The van der Waals surface area contributed by atoms with Crippen LogP contribution in [0.25, 0.3) is 0 Å². The zero-order valence-corrected chi connectivity index (χ0v) is 13.9. The summed E-state index contributed by atoms with van der Waals surface area (Å²) < 4.78 is 23.0. The number of para-hydroxylation sites is 1. The Balaban J connectivity index is 2.38. The molecular weight excluding hydrogens is 330 g/mol. The monoisotopic (exact) mass is 343 g/mol. The maximum atomic E-state index is 12.6. The fourth-order valence-corrected chi connectivity index (χ4v) is 4.06. The molecule has 0 saturated heterocycles. The van der Waals surface area contributed by atoms with Crippen molar-refractivity contribution in [1.82, 2.24) is 0 Å². The average Bonchev–Trinajstić information content (AvgIpc) is 2.91. The van der Waals surface area contributed by atoms with Gasteiger partial charge >= 0.3 is 0 Å². The second-order valence-electron chi connectivity index (χ2n) is 4.42. The molecule has 0 aliphatic rings. The van der Waals surface area contributed by atoms with Crippen LogP contribution in [0.4, 0.5) is 5.69 Å². The summed E-state index contributed by atoms with van der Waals surface area (Å²) in [6.07, 6.45) is 1.12. The van der Waals surface area contributed by atoms with E-state index in [4.69, 9.17) is 11.6 Å². The number of carbonyl (C=O) groups excluding carboxylic acids is 1. The Bertz CT molecular complexity index is 768. The molecule has 0 unspecified atom stereocenters. The van der Waals surface area contributed by atoms with Gasteiger partial charge in [0, 0.05) is 18.2 Å². The van der Waals surface area contributed by atoms with Crippen LogP contribution in [0, 0.1) is 0 Å². The molecule has 2 aromatic rings. The van der Waals surface area contributed by atoms with Crippen LogP contribution < -0.4 is 4.90 Å². The van der Waals surface area contributed by atoms with Crippen LogP contribution in [0.5, 0.6) is 0 Å². The van der Waals surface area contributed by atoms with Crippen molar-refractivity contribution in [2.75, 3.05) is 17.7 Å². The molecule has 0 radical (unpaired) electrons. The summed E-state index contributed by atoms with van der Waals surface area (Å²) in [4.78, 5) is 14.6. The third-order valence-electron chi connectivity index (χ3n) is 2.92. The van der Waals surface area contributed by atoms with Crippen LogP contribution in [-0.2, 0) is 9.84 Å². The van der Waals surface area contributed by atoms with E-state index in [2.05, 4.69) is 0 Å². The Morgan fingerprint density at radius 3 is 2.52 bits per heavy atom. The van der Waals surface area contributed by atoms with Gasteiger partial charge in [-0.25, -0.2) is 8.42 Å². The van der Waals surface area contributed by atoms with Crippen molar-refractivity contribution in [3.05, 3.63) is 45.6 Å². The van der Waals surface area contributed by atoms with E-state index in [9.17, 15) is 13.2 Å². The fourth-order valence-electron chi connectivity index (χ4n) is 1.85. The SMILES string of the molecule is CCN(C(=O)c1cc(S(C)(=O)=O)cs1)c1ccccc1Cl. The minimum atomic E-state index is -3.31. The minimum Gasteiger partial charge on any atom is -0.306 e. The Labute approximate surface area is 132 Å². The highest BCUT2D eigenvalue weighted by Gasteiger charge is 2.21. The third kappa shape index (κ3) is 3.45. The molecule has 0 bridgehead atoms. The molecule has 7 heteroatoms. The Morgan fingerprint density at radius 1 is 1.33 bits per heavy atom. The van der Waals surface area contributed by atoms with Gasteiger partial charge in [-0.1, -0.05) is 23.7 Å². The van der Waals surface area contributed by atoms with Gasteiger partial charge in [0.2, 0.25) is 0 Å². The van der Waals surface area contributed by atoms with Crippen molar-refractivity contribution >= 4 is 44.4 Å². The van der Waals surface area contributed by atoms with Crippen LogP contribution in [0.1, 0.15) is 16.6 Å². The van der Waals surface area contributed by atoms with E-state index < -0.39 is 9.84 Å². The standard InChI is InChI=1S/C14H14ClNO3S2/c1-3-16(12-7-5-4-6-11(12)15)14(17)13-8-10(9-20-13)21(2,18)19/h4-9H,3H2,1-2H3. The normalized spacial score (nSPS) is 11.4. The van der Waals surface area contributed by atoms with Crippen molar-refractivity contribution in [2.24, 2.45) is 0 Å². The molecule has 1 aromatic carbocycles. The number of nitrogens with zero attached hydrogens (tertiary/aromatic N) is 1. The number of hydrogen-bond acceptors (Lipinski definition) is 4. The van der Waals surface area contributed by atoms with Crippen LogP contribution in [0.3, 0.4) is 0 Å². The Kier molecular flexibility index (Phi) is 4.70. The number of amides is 1. The van der Waals surface area contributed by atoms with E-state index in [1.54, 1.807) is 24.3 Å². The topological polar surface area (TPSA) is 54.5 Å². The van der Waals surface area contributed by atoms with E-state index in [1.807, 2.05) is 6.92 Å². The van der Waals surface area contributed by atoms with E-state index in [-0.39, 0.29) is 10.8 Å². The summed E-state index contributed by atoms with van der Waals surface area (Å²) in [5.41, 5.74) is 0.612. The highest BCUT2D eigenvalue weighted by molar-refractivity contribution is 7.90. The first-order valence-electron chi connectivity index (χ1n) is 6.19. The molecule has 1 heterocycles. The molecular formula is C14H14ClNO3S2. The zero-order valence-electron chi connectivity index (χ0n) is 11.5. The highest BCUT2D eigenvalue weighted by Crippen LogP contribution is 2.28. The lowest BCUT2D eigenvalue weighted by Crippen LogP contribution is -2.30. The predicted octanol–water partition coefficient (Wildman–Crippen LogP) is 3.47. The summed E-state index contributed by atoms with van der Waals surface area (Å²) in [5, 5.41) is 1.95. The molecule has 2 rings (SSSR count). The largest absolute Gasteiger partial charge is 0.306 e. The second kappa shape index (κ2) is 6.17. The van der Waals surface area contributed by atoms with Gasteiger partial charge in [-0.15, -0.1) is 11.3 Å². The Hall–Kier alpha value is -1.37. The van der Waals surface area contributed by atoms with Gasteiger partial charge in [0.1, 0.15) is 0 Å². The average molecular weight is 344 g/mol. The first kappa shape index (κ1) is 16.0. The molecule has 112 valence electrons. The lowest BCUT2D eigenvalue weighted by atomic mass is 10.2. The molecule has 0 spiro atoms. The van der Waals surface area contributed by atoms with Gasteiger partial charge in [-0.2, -0.15) is 0 Å². The van der Waals surface area contributed by atoms with Crippen LogP contribution >= 0.6 is 22.9 Å². The molecule has 0 N–H and O–H groups in total. The lowest BCUT2D eigenvalue weighted by Gasteiger charge is -2.21. The van der Waals surface area contributed by atoms with Crippen molar-refractivity contribution < 1.29 is 13.2 Å². The van der Waals surface area contributed by atoms with E-state index in [0.717, 1.165) is 17.6 Å². The van der Waals surface area contributed by atoms with Gasteiger partial charge in [-0.05, 0) is 25.1 Å². The van der Waals surface area contributed by atoms with Crippen molar-refractivity contribution in [3.63, 3.8) is 0 Å². The molecule has 1 aromatic heterocycles. The zero-order chi connectivity index (χ0) is 15.6. The molecule has 4 nitrogen and oxygen atoms in total. The van der Waals surface area contributed by atoms with Crippen LogP contribution in [0.2, 0.25) is 5.02 Å². The lowest BCUT2D eigenvalue weighted by molar-refractivity contribution is 0.0992. The van der Waals surface area contributed by atoms with Gasteiger partial charge < -0.3 is 4.90 Å². The first-order valence-corrected chi connectivity index (χ1v) is 9.34. The number of hydrogen-bond donors (Lipinski definition) is 0. The maximum absolute atomic E-state index is 12.6. The third-order valence-corrected chi connectivity index (χ3v) is 5.40. The minimum absolute atomic E-state index is 0.158. The highest BCUT2D eigenvalue weighted by atomic mass is 35.5. The molecule has 0 saturated carbocycles. The first-order chi connectivity index (χ1) is 9.84. The number of thiophene rings is 1. The Morgan fingerprint density at radius 2 is 2.00 bits per heavy atom. The fraction of sp³-hybridized carbons (Fsp3) is 0.214. The smallest absolute Gasteiger partial charge is 0.268 e. The summed E-state index contributed by atoms with van der Waals surface area (Å²) in [6.45, 7) is 2.28. The molecule has 0 aliphatic carbocycles. The maximum Gasteiger partial charge on any atom is 0.268 e. The number of carbonyl (C=O) groups is 1. The van der Waals surface area contributed by atoms with Crippen molar-refractivity contribution in [2.45, 2.75) is 11.8 Å². The quantitative estimate of drug-likeness (QED) is 0.854. The summed E-state index contributed by atoms with van der Waals surface area (Å²) in [7, 11) is -3.31. The van der Waals surface area contributed by atoms with Crippen LogP contribution in [0.15, 0.2) is 40.6 Å². The van der Waals surface area contributed by atoms with Gasteiger partial charge in [0.05, 0.1) is 20.5 Å². The molecule has 0 aliphatic heterocycles. The second-order valence-corrected chi connectivity index (χ2v) is 7.75. The number of halogens is 1. The van der Waals surface area contributed by atoms with Gasteiger partial charge in [-0.3, -0.25) is 4.79 Å². The van der Waals surface area contributed by atoms with Crippen LogP contribution in [-0.4, -0.2) is 27.1 Å². The van der Waals surface area contributed by atoms with E-state index >= 15 is 0 Å². The number of benzene rings is 1.